The number of hydrogen-bond acceptors (Lipinski definition) is 7. The van der Waals surface area contributed by atoms with Crippen LogP contribution in [0.2, 0.25) is 0 Å². The van der Waals surface area contributed by atoms with E-state index in [1.54, 1.807) is 18.2 Å². The van der Waals surface area contributed by atoms with Gasteiger partial charge in [0.1, 0.15) is 11.6 Å². The molecule has 1 aromatic rings. The predicted octanol–water partition coefficient (Wildman–Crippen LogP) is 2.01. The summed E-state index contributed by atoms with van der Waals surface area (Å²) in [6.07, 6.45) is 2.16. The first-order valence-corrected chi connectivity index (χ1v) is 10.9. The van der Waals surface area contributed by atoms with Gasteiger partial charge in [0.15, 0.2) is 0 Å². The Balaban J connectivity index is 1.50. The van der Waals surface area contributed by atoms with Gasteiger partial charge in [0, 0.05) is 18.2 Å². The van der Waals surface area contributed by atoms with Gasteiger partial charge in [-0.25, -0.2) is 0 Å². The van der Waals surface area contributed by atoms with Gasteiger partial charge in [-0.1, -0.05) is 6.07 Å². The van der Waals surface area contributed by atoms with Gasteiger partial charge in [0.25, 0.3) is 11.8 Å². The zero-order valence-electron chi connectivity index (χ0n) is 18.4. The SMILES string of the molecule is CC(C)(C)OC(=O)C1CCC(Nc2cccc3c2C(=O)N(C2CCC(=O)NC2=O)C3=O)C1. The fourth-order valence-electron chi connectivity index (χ4n) is 4.57. The number of nitrogens with one attached hydrogen (secondary N) is 2. The third-order valence-electron chi connectivity index (χ3n) is 6.00. The molecule has 32 heavy (non-hydrogen) atoms. The number of imide groups is 2. The van der Waals surface area contributed by atoms with Crippen molar-refractivity contribution in [3.63, 3.8) is 0 Å². The van der Waals surface area contributed by atoms with E-state index in [9.17, 15) is 24.0 Å². The van der Waals surface area contributed by atoms with Crippen molar-refractivity contribution in [2.75, 3.05) is 5.32 Å². The molecule has 1 aromatic carbocycles. The summed E-state index contributed by atoms with van der Waals surface area (Å²) in [4.78, 5) is 63.2. The molecule has 1 aliphatic carbocycles. The number of piperidine rings is 1. The van der Waals surface area contributed by atoms with Crippen molar-refractivity contribution >= 4 is 35.3 Å². The van der Waals surface area contributed by atoms with Crippen molar-refractivity contribution < 1.29 is 28.7 Å². The highest BCUT2D eigenvalue weighted by atomic mass is 16.6. The molecule has 170 valence electrons. The number of hydrogen-bond donors (Lipinski definition) is 2. The summed E-state index contributed by atoms with van der Waals surface area (Å²) in [7, 11) is 0. The van der Waals surface area contributed by atoms with Crippen LogP contribution in [-0.4, -0.2) is 52.2 Å². The smallest absolute Gasteiger partial charge is 0.309 e. The van der Waals surface area contributed by atoms with Crippen molar-refractivity contribution in [2.24, 2.45) is 5.92 Å². The molecule has 2 N–H and O–H groups in total. The number of carbonyl (C=O) groups is 5. The molecule has 4 rings (SSSR count). The third kappa shape index (κ3) is 4.11. The molecule has 2 aliphatic heterocycles. The van der Waals surface area contributed by atoms with E-state index in [1.165, 1.54) is 0 Å². The molecule has 0 bridgehead atoms. The first-order valence-electron chi connectivity index (χ1n) is 10.9. The summed E-state index contributed by atoms with van der Waals surface area (Å²) in [5.74, 6) is -2.59. The molecule has 1 saturated heterocycles. The van der Waals surface area contributed by atoms with Crippen molar-refractivity contribution in [1.29, 1.82) is 0 Å². The molecule has 9 heteroatoms. The molecule has 4 amide bonds. The summed E-state index contributed by atoms with van der Waals surface area (Å²) >= 11 is 0. The van der Waals surface area contributed by atoms with Crippen LogP contribution in [0.5, 0.6) is 0 Å². The molecule has 1 saturated carbocycles. The van der Waals surface area contributed by atoms with Gasteiger partial charge < -0.3 is 10.1 Å². The van der Waals surface area contributed by atoms with Crippen LogP contribution in [0.1, 0.15) is 73.6 Å². The molecule has 2 heterocycles. The quantitative estimate of drug-likeness (QED) is 0.541. The lowest BCUT2D eigenvalue weighted by atomic mass is 10.0. The molecule has 3 aliphatic rings. The fraction of sp³-hybridized carbons (Fsp3) is 0.522. The number of benzene rings is 1. The fourth-order valence-corrected chi connectivity index (χ4v) is 4.57. The highest BCUT2D eigenvalue weighted by Gasteiger charge is 2.46. The Morgan fingerprint density at radius 3 is 2.53 bits per heavy atom. The normalized spacial score (nSPS) is 25.6. The largest absolute Gasteiger partial charge is 0.460 e. The van der Waals surface area contributed by atoms with Crippen LogP contribution < -0.4 is 10.6 Å². The Morgan fingerprint density at radius 2 is 1.84 bits per heavy atom. The predicted molar refractivity (Wildman–Crippen MR) is 114 cm³/mol. The number of ether oxygens (including phenoxy) is 1. The van der Waals surface area contributed by atoms with Crippen LogP contribution in [0, 0.1) is 5.92 Å². The Hall–Kier alpha value is -3.23. The molecule has 3 atom stereocenters. The zero-order valence-corrected chi connectivity index (χ0v) is 18.4. The van der Waals surface area contributed by atoms with Crippen LogP contribution in [0.4, 0.5) is 5.69 Å². The Bertz CT molecular complexity index is 1010. The molecule has 0 aromatic heterocycles. The zero-order chi connectivity index (χ0) is 23.2. The van der Waals surface area contributed by atoms with E-state index in [1.807, 2.05) is 20.8 Å². The van der Waals surface area contributed by atoms with Crippen LogP contribution in [-0.2, 0) is 19.1 Å². The van der Waals surface area contributed by atoms with Crippen molar-refractivity contribution in [3.8, 4) is 0 Å². The van der Waals surface area contributed by atoms with Crippen LogP contribution in [0.25, 0.3) is 0 Å². The van der Waals surface area contributed by atoms with E-state index in [-0.39, 0.29) is 41.9 Å². The maximum Gasteiger partial charge on any atom is 0.309 e. The van der Waals surface area contributed by atoms with Gasteiger partial charge >= 0.3 is 5.97 Å². The van der Waals surface area contributed by atoms with E-state index in [2.05, 4.69) is 10.6 Å². The minimum atomic E-state index is -1.00. The lowest BCUT2D eigenvalue weighted by molar-refractivity contribution is -0.159. The first-order chi connectivity index (χ1) is 15.0. The number of anilines is 1. The van der Waals surface area contributed by atoms with E-state index in [0.717, 1.165) is 11.3 Å². The number of carbonyl (C=O) groups excluding carboxylic acids is 5. The minimum absolute atomic E-state index is 0.0495. The highest BCUT2D eigenvalue weighted by Crippen LogP contribution is 2.35. The van der Waals surface area contributed by atoms with Crippen LogP contribution in [0.3, 0.4) is 0 Å². The van der Waals surface area contributed by atoms with E-state index >= 15 is 0 Å². The molecule has 2 fully saturated rings. The van der Waals surface area contributed by atoms with Gasteiger partial charge in [0.2, 0.25) is 11.8 Å². The minimum Gasteiger partial charge on any atom is -0.460 e. The van der Waals surface area contributed by atoms with Crippen molar-refractivity contribution in [3.05, 3.63) is 29.3 Å². The highest BCUT2D eigenvalue weighted by molar-refractivity contribution is 6.25. The summed E-state index contributed by atoms with van der Waals surface area (Å²) in [5.41, 5.74) is 0.412. The first kappa shape index (κ1) is 22.0. The van der Waals surface area contributed by atoms with E-state index in [0.29, 0.717) is 18.5 Å². The molecule has 9 nitrogen and oxygen atoms in total. The Morgan fingerprint density at radius 1 is 1.09 bits per heavy atom. The standard InChI is InChI=1S/C23H27N3O6/c1-23(2,3)32-22(31)12-7-8-13(11-12)24-15-6-4-5-14-18(15)21(30)26(20(14)29)16-9-10-17(27)25-19(16)28/h4-6,12-13,16,24H,7-11H2,1-3H3,(H,25,27,28). The number of nitrogens with zero attached hydrogens (tertiary/aromatic N) is 1. The van der Waals surface area contributed by atoms with Gasteiger partial charge in [-0.05, 0) is 58.6 Å². The molecule has 0 spiro atoms. The van der Waals surface area contributed by atoms with Crippen LogP contribution in [0.15, 0.2) is 18.2 Å². The number of fused-ring (bicyclic) bond motifs is 1. The van der Waals surface area contributed by atoms with Gasteiger partial charge in [-0.2, -0.15) is 0 Å². The van der Waals surface area contributed by atoms with Crippen LogP contribution >= 0.6 is 0 Å². The van der Waals surface area contributed by atoms with E-state index < -0.39 is 35.3 Å². The molecule has 0 radical (unpaired) electrons. The lowest BCUT2D eigenvalue weighted by Gasteiger charge is -2.28. The average Bonchev–Trinajstić information content (AvgIpc) is 3.25. The number of esters is 1. The second-order valence-corrected chi connectivity index (χ2v) is 9.56. The maximum atomic E-state index is 13.2. The van der Waals surface area contributed by atoms with Crippen molar-refractivity contribution in [1.82, 2.24) is 10.2 Å². The van der Waals surface area contributed by atoms with Gasteiger partial charge in [0.05, 0.1) is 17.0 Å². The molecular formula is C23H27N3O6. The summed E-state index contributed by atoms with van der Waals surface area (Å²) in [5, 5.41) is 5.52. The lowest BCUT2D eigenvalue weighted by Crippen LogP contribution is -2.54. The van der Waals surface area contributed by atoms with E-state index in [4.69, 9.17) is 4.74 Å². The van der Waals surface area contributed by atoms with Gasteiger partial charge in [-0.3, -0.25) is 34.2 Å². The molecule has 3 unspecified atom stereocenters. The second kappa shape index (κ2) is 8.03. The molecular weight excluding hydrogens is 414 g/mol. The summed E-state index contributed by atoms with van der Waals surface area (Å²) < 4.78 is 5.49. The monoisotopic (exact) mass is 441 g/mol. The summed E-state index contributed by atoms with van der Waals surface area (Å²) in [6.45, 7) is 5.50. The Labute approximate surface area is 185 Å². The topological polar surface area (TPSA) is 122 Å². The average molecular weight is 441 g/mol. The number of rotatable bonds is 4. The second-order valence-electron chi connectivity index (χ2n) is 9.56. The van der Waals surface area contributed by atoms with Crippen molar-refractivity contribution in [2.45, 2.75) is 70.6 Å². The third-order valence-corrected chi connectivity index (χ3v) is 6.00. The summed E-state index contributed by atoms with van der Waals surface area (Å²) in [6, 6.07) is 3.91. The maximum absolute atomic E-state index is 13.2. The van der Waals surface area contributed by atoms with Gasteiger partial charge in [-0.15, -0.1) is 0 Å². The number of amides is 4. The Kier molecular flexibility index (Phi) is 5.52.